The van der Waals surface area contributed by atoms with Crippen molar-refractivity contribution in [2.24, 2.45) is 17.8 Å². The third kappa shape index (κ3) is 3.58. The number of hydrogen-bond acceptors (Lipinski definition) is 10. The summed E-state index contributed by atoms with van der Waals surface area (Å²) in [5.41, 5.74) is 0.291. The maximum atomic E-state index is 12.0. The molecule has 0 radical (unpaired) electrons. The highest BCUT2D eigenvalue weighted by molar-refractivity contribution is 5.89. The molecule has 0 aromatic carbocycles. The quantitative estimate of drug-likeness (QED) is 0.336. The van der Waals surface area contributed by atoms with Gasteiger partial charge in [-0.25, -0.2) is 4.79 Å². The van der Waals surface area contributed by atoms with Crippen LogP contribution in [0.5, 0.6) is 0 Å². The molecule has 3 rings (SSSR count). The van der Waals surface area contributed by atoms with Crippen molar-refractivity contribution in [3.8, 4) is 0 Å². The highest BCUT2D eigenvalue weighted by atomic mass is 16.8. The first-order chi connectivity index (χ1) is 12.8. The third-order valence-corrected chi connectivity index (χ3v) is 5.75. The van der Waals surface area contributed by atoms with E-state index < -0.39 is 61.6 Å². The van der Waals surface area contributed by atoms with E-state index in [2.05, 4.69) is 0 Å². The Bertz CT molecular complexity index is 578. The Morgan fingerprint density at radius 3 is 2.52 bits per heavy atom. The molecule has 0 aromatic heterocycles. The zero-order chi connectivity index (χ0) is 19.9. The molecule has 154 valence electrons. The molecule has 0 aromatic rings. The van der Waals surface area contributed by atoms with Crippen molar-refractivity contribution in [2.45, 2.75) is 56.4 Å². The van der Waals surface area contributed by atoms with Crippen molar-refractivity contribution in [1.82, 2.24) is 0 Å². The lowest BCUT2D eigenvalue weighted by atomic mass is 9.83. The Morgan fingerprint density at radius 1 is 1.19 bits per heavy atom. The zero-order valence-corrected chi connectivity index (χ0v) is 15.0. The molecule has 27 heavy (non-hydrogen) atoms. The maximum Gasteiger partial charge on any atom is 0.337 e. The van der Waals surface area contributed by atoms with Crippen LogP contribution >= 0.6 is 0 Å². The van der Waals surface area contributed by atoms with Crippen LogP contribution in [-0.4, -0.2) is 88.3 Å². The van der Waals surface area contributed by atoms with Gasteiger partial charge in [0.05, 0.1) is 31.7 Å². The number of carbonyl (C=O) groups is 1. The fourth-order valence-corrected chi connectivity index (χ4v) is 4.10. The molecule has 1 saturated heterocycles. The monoisotopic (exact) mass is 390 g/mol. The molecule has 3 aliphatic rings. The second kappa shape index (κ2) is 8.00. The van der Waals surface area contributed by atoms with Gasteiger partial charge in [-0.15, -0.1) is 0 Å². The second-order valence-electron chi connectivity index (χ2n) is 7.25. The Morgan fingerprint density at radius 2 is 1.89 bits per heavy atom. The van der Waals surface area contributed by atoms with Crippen LogP contribution in [-0.2, 0) is 23.7 Å². The minimum atomic E-state index is -1.58. The number of fused-ring (bicyclic) bond motifs is 1. The average Bonchev–Trinajstić information content (AvgIpc) is 2.96. The molecule has 10 heteroatoms. The fourth-order valence-electron chi connectivity index (χ4n) is 4.10. The summed E-state index contributed by atoms with van der Waals surface area (Å²) < 4.78 is 21.4. The minimum Gasteiger partial charge on any atom is -0.472 e. The van der Waals surface area contributed by atoms with Crippen LogP contribution in [0.15, 0.2) is 11.8 Å². The standard InChI is InChI=1S/C17H26O10/c1-6-9(19)3-7-8(15(23)24-2)5-25-16(11(6)7)27-17-14(22)13(21)12(20)10(4-18)26-17/h5-7,9-14,16-22H,3-4H2,1-2H3/t6-,7-,9-,10-,11+,12-,13+,14-,16+,17+/m1/s1. The van der Waals surface area contributed by atoms with Gasteiger partial charge >= 0.3 is 5.97 Å². The van der Waals surface area contributed by atoms with E-state index >= 15 is 0 Å². The van der Waals surface area contributed by atoms with E-state index in [0.29, 0.717) is 12.0 Å². The molecule has 10 atom stereocenters. The Kier molecular flexibility index (Phi) is 6.06. The lowest BCUT2D eigenvalue weighted by Crippen LogP contribution is -2.60. The Labute approximate surface area is 155 Å². The number of esters is 1. The summed E-state index contributed by atoms with van der Waals surface area (Å²) in [7, 11) is 1.25. The largest absolute Gasteiger partial charge is 0.472 e. The third-order valence-electron chi connectivity index (χ3n) is 5.75. The van der Waals surface area contributed by atoms with Crippen molar-refractivity contribution in [1.29, 1.82) is 0 Å². The van der Waals surface area contributed by atoms with Crippen molar-refractivity contribution in [3.63, 3.8) is 0 Å². The van der Waals surface area contributed by atoms with Gasteiger partial charge in [0.2, 0.25) is 6.29 Å². The molecule has 5 N–H and O–H groups in total. The first-order valence-corrected chi connectivity index (χ1v) is 8.88. The van der Waals surface area contributed by atoms with E-state index in [1.54, 1.807) is 6.92 Å². The van der Waals surface area contributed by atoms with Gasteiger partial charge in [0.1, 0.15) is 24.4 Å². The average molecular weight is 390 g/mol. The Balaban J connectivity index is 1.80. The van der Waals surface area contributed by atoms with Gasteiger partial charge in [-0.1, -0.05) is 6.92 Å². The summed E-state index contributed by atoms with van der Waals surface area (Å²) >= 11 is 0. The summed E-state index contributed by atoms with van der Waals surface area (Å²) in [6, 6.07) is 0. The van der Waals surface area contributed by atoms with Gasteiger partial charge in [0, 0.05) is 11.8 Å². The van der Waals surface area contributed by atoms with Crippen molar-refractivity contribution in [3.05, 3.63) is 11.8 Å². The number of carbonyl (C=O) groups excluding carboxylic acids is 1. The molecular formula is C17H26O10. The van der Waals surface area contributed by atoms with E-state index in [0.717, 1.165) is 0 Å². The van der Waals surface area contributed by atoms with E-state index in [4.69, 9.17) is 18.9 Å². The number of ether oxygens (including phenoxy) is 4. The molecule has 2 fully saturated rings. The van der Waals surface area contributed by atoms with Gasteiger partial charge < -0.3 is 44.5 Å². The van der Waals surface area contributed by atoms with Crippen molar-refractivity contribution < 1.29 is 49.3 Å². The summed E-state index contributed by atoms with van der Waals surface area (Å²) in [4.78, 5) is 12.0. The normalized spacial score (nSPS) is 47.0. The molecular weight excluding hydrogens is 364 g/mol. The number of hydrogen-bond donors (Lipinski definition) is 5. The van der Waals surface area contributed by atoms with Crippen LogP contribution in [0.3, 0.4) is 0 Å². The van der Waals surface area contributed by atoms with E-state index in [1.165, 1.54) is 13.4 Å². The predicted octanol–water partition coefficient (Wildman–Crippen LogP) is -2.15. The number of methoxy groups -OCH3 is 1. The molecule has 0 unspecified atom stereocenters. The van der Waals surface area contributed by atoms with Crippen LogP contribution in [0, 0.1) is 17.8 Å². The van der Waals surface area contributed by atoms with Crippen LogP contribution < -0.4 is 0 Å². The lowest BCUT2D eigenvalue weighted by molar-refractivity contribution is -0.342. The van der Waals surface area contributed by atoms with Crippen LogP contribution in [0.2, 0.25) is 0 Å². The van der Waals surface area contributed by atoms with Gasteiger partial charge in [0.15, 0.2) is 6.29 Å². The second-order valence-corrected chi connectivity index (χ2v) is 7.25. The topological polar surface area (TPSA) is 155 Å². The van der Waals surface area contributed by atoms with Crippen LogP contribution in [0.25, 0.3) is 0 Å². The molecule has 2 heterocycles. The number of aliphatic hydroxyl groups is 5. The Hall–Kier alpha value is -1.27. The van der Waals surface area contributed by atoms with Crippen molar-refractivity contribution in [2.75, 3.05) is 13.7 Å². The fraction of sp³-hybridized carbons (Fsp3) is 0.824. The SMILES string of the molecule is COC(=O)C1=CO[C@@H](O[C@@H]2O[C@H](CO)[C@@H](O)[C@H](O)[C@H]2O)[C@H]2[C@H](C)[C@H](O)C[C@H]12. The predicted molar refractivity (Wildman–Crippen MR) is 86.6 cm³/mol. The summed E-state index contributed by atoms with van der Waals surface area (Å²) in [6.07, 6.45) is -7.25. The van der Waals surface area contributed by atoms with Crippen LogP contribution in [0.1, 0.15) is 13.3 Å². The summed E-state index contributed by atoms with van der Waals surface area (Å²) in [5.74, 6) is -1.63. The molecule has 2 aliphatic heterocycles. The smallest absolute Gasteiger partial charge is 0.337 e. The summed E-state index contributed by atoms with van der Waals surface area (Å²) in [6.45, 7) is 1.21. The molecule has 0 amide bonds. The summed E-state index contributed by atoms with van der Waals surface area (Å²) in [5, 5.41) is 49.4. The molecule has 1 saturated carbocycles. The first kappa shape index (κ1) is 20.5. The minimum absolute atomic E-state index is 0.279. The van der Waals surface area contributed by atoms with E-state index in [-0.39, 0.29) is 11.8 Å². The lowest BCUT2D eigenvalue weighted by Gasteiger charge is -2.43. The number of rotatable bonds is 4. The highest BCUT2D eigenvalue weighted by Crippen LogP contribution is 2.47. The van der Waals surface area contributed by atoms with Crippen LogP contribution in [0.4, 0.5) is 0 Å². The maximum absolute atomic E-state index is 12.0. The molecule has 1 aliphatic carbocycles. The van der Waals surface area contributed by atoms with Gasteiger partial charge in [-0.05, 0) is 12.3 Å². The number of aliphatic hydroxyl groups excluding tert-OH is 5. The molecule has 0 spiro atoms. The molecule has 10 nitrogen and oxygen atoms in total. The van der Waals surface area contributed by atoms with E-state index in [9.17, 15) is 30.3 Å². The molecule has 0 bridgehead atoms. The van der Waals surface area contributed by atoms with Gasteiger partial charge in [-0.3, -0.25) is 0 Å². The van der Waals surface area contributed by atoms with Gasteiger partial charge in [0.25, 0.3) is 0 Å². The van der Waals surface area contributed by atoms with E-state index in [1.807, 2.05) is 0 Å². The van der Waals surface area contributed by atoms with Gasteiger partial charge in [-0.2, -0.15) is 0 Å². The zero-order valence-electron chi connectivity index (χ0n) is 15.0. The first-order valence-electron chi connectivity index (χ1n) is 8.88. The highest BCUT2D eigenvalue weighted by Gasteiger charge is 2.53. The van der Waals surface area contributed by atoms with Crippen molar-refractivity contribution >= 4 is 5.97 Å².